The number of aromatic amines is 1. The van der Waals surface area contributed by atoms with Gasteiger partial charge in [-0.3, -0.25) is 4.79 Å². The van der Waals surface area contributed by atoms with Crippen LogP contribution >= 0.6 is 11.8 Å². The lowest BCUT2D eigenvalue weighted by molar-refractivity contribution is -0.0950. The second-order valence-electron chi connectivity index (χ2n) is 6.92. The van der Waals surface area contributed by atoms with Gasteiger partial charge < -0.3 is 9.72 Å². The van der Waals surface area contributed by atoms with Gasteiger partial charge >= 0.3 is 0 Å². The molecule has 1 aromatic rings. The molecule has 3 rings (SSSR count). The predicted molar refractivity (Wildman–Crippen MR) is 85.4 cm³/mol. The Bertz CT molecular complexity index is 584. The minimum Gasteiger partial charge on any atom is -0.367 e. The van der Waals surface area contributed by atoms with E-state index in [1.165, 1.54) is 0 Å². The Balaban J connectivity index is 1.99. The molecule has 4 nitrogen and oxygen atoms in total. The van der Waals surface area contributed by atoms with Gasteiger partial charge in [0, 0.05) is 23.7 Å². The maximum atomic E-state index is 12.3. The van der Waals surface area contributed by atoms with Crippen LogP contribution in [-0.2, 0) is 21.8 Å². The van der Waals surface area contributed by atoms with Crippen molar-refractivity contribution in [2.75, 3.05) is 6.61 Å². The van der Waals surface area contributed by atoms with E-state index in [2.05, 4.69) is 18.8 Å². The van der Waals surface area contributed by atoms with Crippen LogP contribution < -0.4 is 5.56 Å². The highest BCUT2D eigenvalue weighted by Crippen LogP contribution is 2.46. The minimum atomic E-state index is -0.397. The standard InChI is InChI=1S/C16H24N2O2S/c1-4-20-16(7-5-15(2,3)6-8-16)14-17-12-10-21-9-11(12)13(19)18-14/h4-10H2,1-3H3,(H,17,18,19). The highest BCUT2D eigenvalue weighted by atomic mass is 32.2. The van der Waals surface area contributed by atoms with Crippen LogP contribution in [0, 0.1) is 5.41 Å². The predicted octanol–water partition coefficient (Wildman–Crippen LogP) is 3.35. The highest BCUT2D eigenvalue weighted by molar-refractivity contribution is 7.98. The van der Waals surface area contributed by atoms with Crippen LogP contribution in [-0.4, -0.2) is 16.6 Å². The zero-order valence-corrected chi connectivity index (χ0v) is 13.9. The molecule has 0 saturated heterocycles. The first kappa shape index (κ1) is 15.1. The third kappa shape index (κ3) is 2.78. The number of aromatic nitrogens is 2. The number of rotatable bonds is 3. The number of ether oxygens (including phenoxy) is 1. The summed E-state index contributed by atoms with van der Waals surface area (Å²) in [6.07, 6.45) is 4.07. The molecule has 1 fully saturated rings. The van der Waals surface area contributed by atoms with Crippen molar-refractivity contribution in [3.63, 3.8) is 0 Å². The van der Waals surface area contributed by atoms with E-state index in [0.717, 1.165) is 54.3 Å². The lowest BCUT2D eigenvalue weighted by Crippen LogP contribution is -2.40. The molecule has 0 atom stereocenters. The molecule has 1 aliphatic carbocycles. The van der Waals surface area contributed by atoms with Crippen molar-refractivity contribution >= 4 is 11.8 Å². The fraction of sp³-hybridized carbons (Fsp3) is 0.750. The average molecular weight is 308 g/mol. The molecule has 0 radical (unpaired) electrons. The smallest absolute Gasteiger partial charge is 0.255 e. The van der Waals surface area contributed by atoms with Crippen LogP contribution in [0.25, 0.3) is 0 Å². The number of nitrogens with zero attached hydrogens (tertiary/aromatic N) is 1. The second-order valence-corrected chi connectivity index (χ2v) is 7.91. The van der Waals surface area contributed by atoms with E-state index in [9.17, 15) is 4.79 Å². The van der Waals surface area contributed by atoms with E-state index in [-0.39, 0.29) is 5.56 Å². The van der Waals surface area contributed by atoms with E-state index >= 15 is 0 Å². The monoisotopic (exact) mass is 308 g/mol. The fourth-order valence-corrected chi connectivity index (χ4v) is 4.37. The van der Waals surface area contributed by atoms with Crippen molar-refractivity contribution < 1.29 is 4.74 Å². The van der Waals surface area contributed by atoms with Crippen molar-refractivity contribution in [3.8, 4) is 0 Å². The van der Waals surface area contributed by atoms with Crippen LogP contribution in [0.1, 0.15) is 63.5 Å². The van der Waals surface area contributed by atoms with E-state index < -0.39 is 5.60 Å². The number of fused-ring (bicyclic) bond motifs is 1. The third-order valence-electron chi connectivity index (χ3n) is 4.85. The van der Waals surface area contributed by atoms with Gasteiger partial charge in [-0.2, -0.15) is 11.8 Å². The van der Waals surface area contributed by atoms with Crippen molar-refractivity contribution in [1.29, 1.82) is 0 Å². The number of thioether (sulfide) groups is 1. The molecule has 1 saturated carbocycles. The molecule has 0 spiro atoms. The molecule has 21 heavy (non-hydrogen) atoms. The van der Waals surface area contributed by atoms with Crippen LogP contribution in [0.5, 0.6) is 0 Å². The molecule has 0 amide bonds. The number of hydrogen-bond donors (Lipinski definition) is 1. The van der Waals surface area contributed by atoms with Gasteiger partial charge in [0.05, 0.1) is 5.69 Å². The Morgan fingerprint density at radius 2 is 1.95 bits per heavy atom. The van der Waals surface area contributed by atoms with Crippen LogP contribution in [0.4, 0.5) is 0 Å². The van der Waals surface area contributed by atoms with Gasteiger partial charge in [-0.25, -0.2) is 4.98 Å². The molecule has 1 aliphatic heterocycles. The topological polar surface area (TPSA) is 55.0 Å². The molecule has 0 bridgehead atoms. The largest absolute Gasteiger partial charge is 0.367 e. The quantitative estimate of drug-likeness (QED) is 0.930. The van der Waals surface area contributed by atoms with E-state index in [1.807, 2.05) is 6.92 Å². The molecule has 2 aliphatic rings. The summed E-state index contributed by atoms with van der Waals surface area (Å²) in [4.78, 5) is 20.1. The Morgan fingerprint density at radius 3 is 2.62 bits per heavy atom. The lowest BCUT2D eigenvalue weighted by Gasteiger charge is -2.42. The van der Waals surface area contributed by atoms with Gasteiger partial charge in [-0.05, 0) is 38.0 Å². The van der Waals surface area contributed by atoms with Crippen molar-refractivity contribution in [3.05, 3.63) is 27.4 Å². The Labute approximate surface area is 130 Å². The van der Waals surface area contributed by atoms with Gasteiger partial charge in [0.25, 0.3) is 5.56 Å². The Hall–Kier alpha value is -0.810. The molecular formula is C16H24N2O2S. The molecule has 116 valence electrons. The summed E-state index contributed by atoms with van der Waals surface area (Å²) in [5.74, 6) is 2.39. The van der Waals surface area contributed by atoms with Crippen molar-refractivity contribution in [2.45, 2.75) is 63.6 Å². The minimum absolute atomic E-state index is 0.0314. The Morgan fingerprint density at radius 1 is 1.24 bits per heavy atom. The molecule has 1 N–H and O–H groups in total. The lowest BCUT2D eigenvalue weighted by atomic mass is 9.70. The van der Waals surface area contributed by atoms with Crippen molar-refractivity contribution in [2.24, 2.45) is 5.41 Å². The molecule has 5 heteroatoms. The normalized spacial score (nSPS) is 23.0. The number of H-pyrrole nitrogens is 1. The number of hydrogen-bond acceptors (Lipinski definition) is 4. The fourth-order valence-electron chi connectivity index (χ4n) is 3.33. The van der Waals surface area contributed by atoms with Gasteiger partial charge in [-0.15, -0.1) is 0 Å². The van der Waals surface area contributed by atoms with Crippen molar-refractivity contribution in [1.82, 2.24) is 9.97 Å². The Kier molecular flexibility index (Phi) is 3.91. The van der Waals surface area contributed by atoms with Crippen LogP contribution in [0.2, 0.25) is 0 Å². The molecule has 0 aromatic carbocycles. The molecule has 2 heterocycles. The maximum Gasteiger partial charge on any atom is 0.255 e. The summed E-state index contributed by atoms with van der Waals surface area (Å²) in [5, 5.41) is 0. The molecule has 1 aromatic heterocycles. The van der Waals surface area contributed by atoms with E-state index in [1.54, 1.807) is 11.8 Å². The first-order valence-corrected chi connectivity index (χ1v) is 8.95. The summed E-state index contributed by atoms with van der Waals surface area (Å²) < 4.78 is 6.13. The third-order valence-corrected chi connectivity index (χ3v) is 5.82. The number of nitrogens with one attached hydrogen (secondary N) is 1. The van der Waals surface area contributed by atoms with Gasteiger partial charge in [-0.1, -0.05) is 13.8 Å². The molecular weight excluding hydrogens is 284 g/mol. The average Bonchev–Trinajstić information content (AvgIpc) is 2.91. The summed E-state index contributed by atoms with van der Waals surface area (Å²) >= 11 is 1.76. The van der Waals surface area contributed by atoms with Gasteiger partial charge in [0.1, 0.15) is 11.4 Å². The zero-order chi connectivity index (χ0) is 15.1. The SMILES string of the molecule is CCOC1(c2nc3c(c(=O)[nH]2)CSC3)CCC(C)(C)CC1. The van der Waals surface area contributed by atoms with Gasteiger partial charge in [0.15, 0.2) is 0 Å². The highest BCUT2D eigenvalue weighted by Gasteiger charge is 2.42. The first-order valence-electron chi connectivity index (χ1n) is 7.80. The summed E-state index contributed by atoms with van der Waals surface area (Å²) in [5.41, 5.74) is 1.80. The van der Waals surface area contributed by atoms with E-state index in [4.69, 9.17) is 9.72 Å². The van der Waals surface area contributed by atoms with Crippen LogP contribution in [0.15, 0.2) is 4.79 Å². The summed E-state index contributed by atoms with van der Waals surface area (Å²) in [7, 11) is 0. The summed E-state index contributed by atoms with van der Waals surface area (Å²) in [6, 6.07) is 0. The first-order chi connectivity index (χ1) is 9.96. The molecule has 0 unspecified atom stereocenters. The maximum absolute atomic E-state index is 12.3. The second kappa shape index (κ2) is 5.43. The van der Waals surface area contributed by atoms with Gasteiger partial charge in [0.2, 0.25) is 0 Å². The zero-order valence-electron chi connectivity index (χ0n) is 13.1. The summed E-state index contributed by atoms with van der Waals surface area (Å²) in [6.45, 7) is 7.27. The van der Waals surface area contributed by atoms with E-state index in [0.29, 0.717) is 12.0 Å². The van der Waals surface area contributed by atoms with Crippen LogP contribution in [0.3, 0.4) is 0 Å².